The van der Waals surface area contributed by atoms with Crippen LogP contribution in [0.25, 0.3) is 0 Å². The van der Waals surface area contributed by atoms with E-state index in [1.807, 2.05) is 30.1 Å². The summed E-state index contributed by atoms with van der Waals surface area (Å²) >= 11 is 1.73. The molecule has 1 N–H and O–H groups in total. The van der Waals surface area contributed by atoms with Gasteiger partial charge in [-0.25, -0.2) is 0 Å². The number of nitrogens with one attached hydrogen (secondary N) is 1. The number of hydrogen-bond donors (Lipinski definition) is 1. The molecule has 1 aliphatic heterocycles. The third-order valence-corrected chi connectivity index (χ3v) is 5.03. The molecule has 1 unspecified atom stereocenters. The van der Waals surface area contributed by atoms with Gasteiger partial charge >= 0.3 is 0 Å². The Labute approximate surface area is 147 Å². The van der Waals surface area contributed by atoms with Crippen LogP contribution < -0.4 is 5.32 Å². The quantitative estimate of drug-likeness (QED) is 0.897. The molecule has 0 bridgehead atoms. The van der Waals surface area contributed by atoms with E-state index in [0.717, 1.165) is 38.9 Å². The van der Waals surface area contributed by atoms with E-state index in [0.29, 0.717) is 11.7 Å². The second-order valence-corrected chi connectivity index (χ2v) is 6.77. The van der Waals surface area contributed by atoms with E-state index < -0.39 is 0 Å². The Morgan fingerprint density at radius 1 is 1.52 bits per heavy atom. The zero-order valence-electron chi connectivity index (χ0n) is 13.3. The van der Waals surface area contributed by atoms with Gasteiger partial charge in [0.2, 0.25) is 0 Å². The lowest BCUT2D eigenvalue weighted by Gasteiger charge is -2.23. The highest BCUT2D eigenvalue weighted by Crippen LogP contribution is 2.16. The molecule has 5 nitrogen and oxygen atoms in total. The highest BCUT2D eigenvalue weighted by molar-refractivity contribution is 7.09. The third kappa shape index (κ3) is 4.56. The van der Waals surface area contributed by atoms with E-state index >= 15 is 0 Å². The molecular weight excluding hydrogens is 332 g/mol. The summed E-state index contributed by atoms with van der Waals surface area (Å²) in [5.74, 6) is -0.000857. The van der Waals surface area contributed by atoms with Crippen LogP contribution in [-0.2, 0) is 6.42 Å². The average molecular weight is 355 g/mol. The normalized spacial score (nSPS) is 17.5. The number of thiophene rings is 1. The highest BCUT2D eigenvalue weighted by Gasteiger charge is 2.19. The summed E-state index contributed by atoms with van der Waals surface area (Å²) < 4.78 is 1.94. The molecule has 0 saturated carbocycles. The molecule has 1 atom stereocenters. The van der Waals surface area contributed by atoms with Crippen LogP contribution in [0.15, 0.2) is 29.8 Å². The number of nitrogens with zero attached hydrogens (tertiary/aromatic N) is 3. The van der Waals surface area contributed by atoms with Crippen molar-refractivity contribution >= 4 is 29.7 Å². The van der Waals surface area contributed by atoms with Gasteiger partial charge in [0.25, 0.3) is 5.91 Å². The first-order valence-electron chi connectivity index (χ1n) is 7.78. The number of aromatic nitrogens is 2. The fourth-order valence-electron chi connectivity index (χ4n) is 2.74. The van der Waals surface area contributed by atoms with E-state index in [9.17, 15) is 4.79 Å². The average Bonchev–Trinajstić information content (AvgIpc) is 3.24. The van der Waals surface area contributed by atoms with Gasteiger partial charge in [-0.3, -0.25) is 9.48 Å². The smallest absolute Gasteiger partial charge is 0.274 e. The van der Waals surface area contributed by atoms with Gasteiger partial charge < -0.3 is 10.2 Å². The Kier molecular flexibility index (Phi) is 6.62. The lowest BCUT2D eigenvalue weighted by atomic mass is 10.1. The van der Waals surface area contributed by atoms with Gasteiger partial charge in [-0.05, 0) is 43.3 Å². The van der Waals surface area contributed by atoms with Crippen molar-refractivity contribution in [1.29, 1.82) is 0 Å². The maximum atomic E-state index is 12.4. The summed E-state index contributed by atoms with van der Waals surface area (Å²) in [5, 5.41) is 9.93. The fraction of sp³-hybridized carbons (Fsp3) is 0.500. The topological polar surface area (TPSA) is 50.2 Å². The van der Waals surface area contributed by atoms with Gasteiger partial charge in [-0.2, -0.15) is 5.10 Å². The van der Waals surface area contributed by atoms with Crippen molar-refractivity contribution in [3.05, 3.63) is 40.3 Å². The first kappa shape index (κ1) is 18.0. The largest absolute Gasteiger partial charge is 0.340 e. The Morgan fingerprint density at radius 3 is 3.09 bits per heavy atom. The number of carbonyl (C=O) groups excluding carboxylic acids is 1. The first-order chi connectivity index (χ1) is 10.7. The first-order valence-corrected chi connectivity index (χ1v) is 8.66. The molecule has 3 heterocycles. The van der Waals surface area contributed by atoms with Crippen molar-refractivity contribution in [2.45, 2.75) is 25.3 Å². The van der Waals surface area contributed by atoms with Crippen LogP contribution in [0.2, 0.25) is 0 Å². The van der Waals surface area contributed by atoms with Crippen molar-refractivity contribution in [2.24, 2.45) is 0 Å². The summed E-state index contributed by atoms with van der Waals surface area (Å²) in [6.07, 6.45) is 5.11. The van der Waals surface area contributed by atoms with Gasteiger partial charge in [-0.15, -0.1) is 23.7 Å². The van der Waals surface area contributed by atoms with Crippen molar-refractivity contribution in [2.75, 3.05) is 26.7 Å². The van der Waals surface area contributed by atoms with Gasteiger partial charge in [-0.1, -0.05) is 6.07 Å². The van der Waals surface area contributed by atoms with Gasteiger partial charge in [0.05, 0.1) is 6.04 Å². The van der Waals surface area contributed by atoms with Gasteiger partial charge in [0.15, 0.2) is 0 Å². The van der Waals surface area contributed by atoms with E-state index in [1.54, 1.807) is 16.2 Å². The molecule has 2 aromatic rings. The number of likely N-dealkylation sites (N-methyl/N-ethyl adjacent to an activating group) is 1. The second kappa shape index (κ2) is 8.47. The van der Waals surface area contributed by atoms with Crippen LogP contribution in [-0.4, -0.2) is 47.3 Å². The SMILES string of the molecule is CN(CCc1cccs1)C(=O)c1ccn(C2CCCNC2)n1.Cl. The minimum absolute atomic E-state index is 0. The van der Waals surface area contributed by atoms with Gasteiger partial charge in [0.1, 0.15) is 5.69 Å². The van der Waals surface area contributed by atoms with E-state index in [4.69, 9.17) is 0 Å². The Bertz CT molecular complexity index is 607. The summed E-state index contributed by atoms with van der Waals surface area (Å²) in [5.41, 5.74) is 0.541. The Hall–Kier alpha value is -1.37. The van der Waals surface area contributed by atoms with Crippen LogP contribution in [0.3, 0.4) is 0 Å². The Balaban J connectivity index is 0.00000192. The maximum Gasteiger partial charge on any atom is 0.274 e. The predicted molar refractivity (Wildman–Crippen MR) is 95.6 cm³/mol. The number of carbonyl (C=O) groups is 1. The molecule has 126 valence electrons. The number of hydrogen-bond acceptors (Lipinski definition) is 4. The molecule has 1 aliphatic rings. The van der Waals surface area contributed by atoms with Crippen LogP contribution >= 0.6 is 23.7 Å². The van der Waals surface area contributed by atoms with E-state index in [-0.39, 0.29) is 18.3 Å². The highest BCUT2D eigenvalue weighted by atomic mass is 35.5. The number of halogens is 1. The van der Waals surface area contributed by atoms with E-state index in [1.165, 1.54) is 4.88 Å². The molecule has 2 aromatic heterocycles. The molecule has 0 radical (unpaired) electrons. The second-order valence-electron chi connectivity index (χ2n) is 5.74. The van der Waals surface area contributed by atoms with Crippen molar-refractivity contribution < 1.29 is 4.79 Å². The van der Waals surface area contributed by atoms with E-state index in [2.05, 4.69) is 21.9 Å². The zero-order chi connectivity index (χ0) is 15.4. The monoisotopic (exact) mass is 354 g/mol. The molecular formula is C16H23ClN4OS. The molecule has 23 heavy (non-hydrogen) atoms. The molecule has 0 aromatic carbocycles. The fourth-order valence-corrected chi connectivity index (χ4v) is 3.44. The molecule has 7 heteroatoms. The Morgan fingerprint density at radius 2 is 2.39 bits per heavy atom. The molecule has 1 fully saturated rings. The van der Waals surface area contributed by atoms with Crippen molar-refractivity contribution in [3.8, 4) is 0 Å². The number of piperidine rings is 1. The third-order valence-electron chi connectivity index (χ3n) is 4.09. The summed E-state index contributed by atoms with van der Waals surface area (Å²) in [4.78, 5) is 15.5. The van der Waals surface area contributed by atoms with Crippen molar-refractivity contribution in [1.82, 2.24) is 20.0 Å². The van der Waals surface area contributed by atoms with Gasteiger partial charge in [0, 0.05) is 31.2 Å². The number of rotatable bonds is 5. The molecule has 0 spiro atoms. The lowest BCUT2D eigenvalue weighted by molar-refractivity contribution is 0.0789. The molecule has 1 saturated heterocycles. The van der Waals surface area contributed by atoms with Crippen LogP contribution in [0.5, 0.6) is 0 Å². The maximum absolute atomic E-state index is 12.4. The standard InChI is InChI=1S/C16H22N4OS.ClH/c1-19(9-6-14-5-3-11-22-14)16(21)15-7-10-20(18-15)13-4-2-8-17-12-13;/h3,5,7,10-11,13,17H,2,4,6,8-9,12H2,1H3;1H. The molecule has 0 aliphatic carbocycles. The molecule has 1 amide bonds. The minimum Gasteiger partial charge on any atom is -0.340 e. The summed E-state index contributed by atoms with van der Waals surface area (Å²) in [6.45, 7) is 2.73. The summed E-state index contributed by atoms with van der Waals surface area (Å²) in [7, 11) is 1.84. The predicted octanol–water partition coefficient (Wildman–Crippen LogP) is 2.61. The minimum atomic E-state index is -0.000857. The summed E-state index contributed by atoms with van der Waals surface area (Å²) in [6, 6.07) is 6.35. The zero-order valence-corrected chi connectivity index (χ0v) is 14.9. The van der Waals surface area contributed by atoms with Crippen molar-refractivity contribution in [3.63, 3.8) is 0 Å². The molecule has 3 rings (SSSR count). The van der Waals surface area contributed by atoms with Crippen LogP contribution in [0.1, 0.15) is 34.2 Å². The number of amides is 1. The van der Waals surface area contributed by atoms with Crippen LogP contribution in [0.4, 0.5) is 0 Å². The van der Waals surface area contributed by atoms with Crippen LogP contribution in [0, 0.1) is 0 Å². The lowest BCUT2D eigenvalue weighted by Crippen LogP contribution is -2.32.